The van der Waals surface area contributed by atoms with Gasteiger partial charge in [0.15, 0.2) is 12.4 Å². The summed E-state index contributed by atoms with van der Waals surface area (Å²) in [7, 11) is 0. The van der Waals surface area contributed by atoms with E-state index in [1.54, 1.807) is 48.5 Å². The van der Waals surface area contributed by atoms with E-state index in [1.807, 2.05) is 91.0 Å². The first-order chi connectivity index (χ1) is 29.3. The molecule has 4 N–H and O–H groups in total. The number of nitrogens with one attached hydrogen (secondary N) is 3. The second kappa shape index (κ2) is 20.1. The highest BCUT2D eigenvalue weighted by Crippen LogP contribution is 2.44. The maximum absolute atomic E-state index is 13.6. The molecular weight excluding hydrogens is 769 g/mol. The number of benzene rings is 5. The van der Waals surface area contributed by atoms with E-state index in [1.165, 1.54) is 0 Å². The Morgan fingerprint density at radius 1 is 0.633 bits per heavy atom. The molecule has 0 radical (unpaired) electrons. The Morgan fingerprint density at radius 2 is 1.15 bits per heavy atom. The molecule has 14 heteroatoms. The van der Waals surface area contributed by atoms with Gasteiger partial charge in [0.05, 0.1) is 6.04 Å². The second-order valence-corrected chi connectivity index (χ2v) is 14.1. The number of carbonyl (C=O) groups excluding carboxylic acids is 3. The van der Waals surface area contributed by atoms with Gasteiger partial charge in [-0.1, -0.05) is 140 Å². The van der Waals surface area contributed by atoms with Crippen molar-refractivity contribution in [3.05, 3.63) is 167 Å². The molecule has 1 aliphatic carbocycles. The molecular formula is C46H44N4O10. The highest BCUT2D eigenvalue weighted by molar-refractivity contribution is 6.01. The number of carbonyl (C=O) groups is 4. The molecule has 0 aromatic heterocycles. The lowest BCUT2D eigenvalue weighted by molar-refractivity contribution is -0.151. The van der Waals surface area contributed by atoms with Gasteiger partial charge in [-0.05, 0) is 46.2 Å². The van der Waals surface area contributed by atoms with E-state index in [9.17, 15) is 24.3 Å². The van der Waals surface area contributed by atoms with E-state index >= 15 is 0 Å². The van der Waals surface area contributed by atoms with E-state index in [0.29, 0.717) is 5.56 Å². The Balaban J connectivity index is 1.04. The fourth-order valence-corrected chi connectivity index (χ4v) is 7.16. The van der Waals surface area contributed by atoms with Gasteiger partial charge in [-0.25, -0.2) is 19.2 Å². The topological polar surface area (TPSA) is 183 Å². The molecule has 1 fully saturated rings. The molecule has 0 unspecified atom stereocenters. The van der Waals surface area contributed by atoms with Crippen LogP contribution >= 0.6 is 0 Å². The predicted molar refractivity (Wildman–Crippen MR) is 220 cm³/mol. The maximum Gasteiger partial charge on any atom is 0.414 e. The van der Waals surface area contributed by atoms with E-state index < -0.39 is 48.8 Å². The summed E-state index contributed by atoms with van der Waals surface area (Å²) in [4.78, 5) is 56.2. The van der Waals surface area contributed by atoms with Crippen LogP contribution in [0, 0.1) is 0 Å². The molecule has 3 amide bonds. The number of ether oxygens (including phenoxy) is 5. The number of fused-ring (bicyclic) bond motifs is 3. The van der Waals surface area contributed by atoms with Crippen molar-refractivity contribution in [2.45, 2.75) is 56.5 Å². The average Bonchev–Trinajstić information content (AvgIpc) is 3.87. The third-order valence-corrected chi connectivity index (χ3v) is 10.0. The fourth-order valence-electron chi connectivity index (χ4n) is 7.16. The van der Waals surface area contributed by atoms with E-state index in [2.05, 4.69) is 20.9 Å². The molecule has 0 bridgehead atoms. The van der Waals surface area contributed by atoms with Crippen LogP contribution in [0.3, 0.4) is 0 Å². The zero-order valence-electron chi connectivity index (χ0n) is 32.5. The first-order valence-corrected chi connectivity index (χ1v) is 19.5. The summed E-state index contributed by atoms with van der Waals surface area (Å²) in [6.45, 7) is -0.0154. The van der Waals surface area contributed by atoms with Gasteiger partial charge in [0.1, 0.15) is 25.9 Å². The molecule has 5 aromatic rings. The van der Waals surface area contributed by atoms with Gasteiger partial charge in [0, 0.05) is 18.0 Å². The van der Waals surface area contributed by atoms with Gasteiger partial charge in [-0.2, -0.15) is 0 Å². The van der Waals surface area contributed by atoms with Crippen molar-refractivity contribution in [2.24, 2.45) is 4.99 Å². The lowest BCUT2D eigenvalue weighted by atomic mass is 9.98. The third kappa shape index (κ3) is 10.7. The number of aliphatic imine (C=N–C) groups is 1. The SMILES string of the molecule is O=C(NC(=NCCC[C@H](NC(=O)OCC1c2ccccc2-c2ccccc21)[C@H]1O[C@@H](c2ccccc2)O[C@H]1C(=O)O)NC(=O)OCc1ccccc1)OCc1ccccc1. The van der Waals surface area contributed by atoms with E-state index in [-0.39, 0.29) is 51.1 Å². The molecule has 1 heterocycles. The summed E-state index contributed by atoms with van der Waals surface area (Å²) in [6, 6.07) is 42.0. The highest BCUT2D eigenvalue weighted by atomic mass is 16.7. The summed E-state index contributed by atoms with van der Waals surface area (Å²) in [5, 5.41) is 18.0. The van der Waals surface area contributed by atoms with Crippen molar-refractivity contribution < 1.29 is 48.0 Å². The average molecular weight is 813 g/mol. The van der Waals surface area contributed by atoms with Gasteiger partial charge >= 0.3 is 24.2 Å². The molecule has 60 heavy (non-hydrogen) atoms. The monoisotopic (exact) mass is 812 g/mol. The lowest BCUT2D eigenvalue weighted by Crippen LogP contribution is -2.50. The van der Waals surface area contributed by atoms with Crippen LogP contribution in [-0.2, 0) is 41.7 Å². The van der Waals surface area contributed by atoms with Crippen LogP contribution in [0.4, 0.5) is 14.4 Å². The summed E-state index contributed by atoms with van der Waals surface area (Å²) in [6.07, 6.45) is -5.73. The number of carboxylic acid groups (broad SMARTS) is 1. The van der Waals surface area contributed by atoms with Crippen LogP contribution in [0.25, 0.3) is 11.1 Å². The van der Waals surface area contributed by atoms with Crippen LogP contribution in [0.2, 0.25) is 0 Å². The quantitative estimate of drug-likeness (QED) is 0.0380. The Hall–Kier alpha value is -7.03. The molecule has 14 nitrogen and oxygen atoms in total. The number of alkyl carbamates (subject to hydrolysis) is 3. The van der Waals surface area contributed by atoms with Gasteiger partial charge in [0.25, 0.3) is 0 Å². The fraction of sp³-hybridized carbons (Fsp3) is 0.239. The molecule has 5 aromatic carbocycles. The number of hydrogen-bond acceptors (Lipinski definition) is 10. The summed E-state index contributed by atoms with van der Waals surface area (Å²) in [5.41, 5.74) is 6.34. The minimum absolute atomic E-state index is 0.00353. The van der Waals surface area contributed by atoms with Gasteiger partial charge in [0.2, 0.25) is 5.96 Å². The van der Waals surface area contributed by atoms with Crippen LogP contribution in [-0.4, -0.2) is 66.7 Å². The van der Waals surface area contributed by atoms with Crippen LogP contribution in [0.5, 0.6) is 0 Å². The van der Waals surface area contributed by atoms with Crippen molar-refractivity contribution in [3.8, 4) is 11.1 Å². The second-order valence-electron chi connectivity index (χ2n) is 14.1. The normalized spacial score (nSPS) is 17.0. The smallest absolute Gasteiger partial charge is 0.414 e. The molecule has 7 rings (SSSR count). The maximum atomic E-state index is 13.6. The summed E-state index contributed by atoms with van der Waals surface area (Å²) >= 11 is 0. The third-order valence-electron chi connectivity index (χ3n) is 10.0. The zero-order valence-corrected chi connectivity index (χ0v) is 32.5. The molecule has 1 saturated heterocycles. The molecule has 4 atom stereocenters. The largest absolute Gasteiger partial charge is 0.479 e. The number of aliphatic carboxylic acids is 1. The first-order valence-electron chi connectivity index (χ1n) is 19.5. The molecule has 308 valence electrons. The van der Waals surface area contributed by atoms with Crippen molar-refractivity contribution in [1.82, 2.24) is 16.0 Å². The Bertz CT molecular complexity index is 2170. The summed E-state index contributed by atoms with van der Waals surface area (Å²) < 4.78 is 28.6. The Labute approximate surface area is 346 Å². The number of nitrogens with zero attached hydrogens (tertiary/aromatic N) is 1. The number of carboxylic acids is 1. The highest BCUT2D eigenvalue weighted by Gasteiger charge is 2.46. The molecule has 0 saturated carbocycles. The first kappa shape index (κ1) is 41.1. The van der Waals surface area contributed by atoms with Gasteiger partial charge in [-0.3, -0.25) is 15.6 Å². The number of amides is 3. The summed E-state index contributed by atoms with van der Waals surface area (Å²) in [5.74, 6) is -1.71. The molecule has 0 spiro atoms. The van der Waals surface area contributed by atoms with Gasteiger partial charge in [-0.15, -0.1) is 0 Å². The van der Waals surface area contributed by atoms with Crippen molar-refractivity contribution in [1.29, 1.82) is 0 Å². The lowest BCUT2D eigenvalue weighted by Gasteiger charge is -2.26. The van der Waals surface area contributed by atoms with Crippen molar-refractivity contribution in [2.75, 3.05) is 13.2 Å². The molecule has 1 aliphatic heterocycles. The Morgan fingerprint density at radius 3 is 1.70 bits per heavy atom. The standard InChI is InChI=1S/C46H44N4O10/c51-41(52)40-39(59-42(60-40)32-19-8-3-9-20-32)38(48-44(53)58-29-37-35-23-12-10-21-33(35)34-22-11-13-24-36(34)37)25-14-26-47-43(49-45(54)56-27-30-15-4-1-5-16-30)50-46(55)57-28-31-17-6-2-7-18-31/h1-13,15-24,37-40,42H,14,25-29H2,(H,48,53)(H,51,52)(H2,47,49,50,54,55)/t38-,39+,40+,42+/m0/s1. The number of guanidine groups is 1. The van der Waals surface area contributed by atoms with E-state index in [4.69, 9.17) is 23.7 Å². The Kier molecular flexibility index (Phi) is 13.8. The van der Waals surface area contributed by atoms with Crippen LogP contribution < -0.4 is 16.0 Å². The van der Waals surface area contributed by atoms with Crippen molar-refractivity contribution >= 4 is 30.2 Å². The van der Waals surface area contributed by atoms with E-state index in [0.717, 1.165) is 33.4 Å². The minimum Gasteiger partial charge on any atom is -0.479 e. The van der Waals surface area contributed by atoms with Gasteiger partial charge < -0.3 is 34.1 Å². The molecule has 2 aliphatic rings. The van der Waals surface area contributed by atoms with Crippen LogP contribution in [0.1, 0.15) is 52.9 Å². The van der Waals surface area contributed by atoms with Crippen LogP contribution in [0.15, 0.2) is 145 Å². The predicted octanol–water partition coefficient (Wildman–Crippen LogP) is 7.45. The number of hydrogen-bond donors (Lipinski definition) is 4. The number of rotatable bonds is 14. The zero-order chi connectivity index (χ0) is 41.7. The van der Waals surface area contributed by atoms with Crippen molar-refractivity contribution in [3.63, 3.8) is 0 Å². The minimum atomic E-state index is -1.43.